The monoisotopic (exact) mass is 358 g/mol. The van der Waals surface area contributed by atoms with Crippen molar-refractivity contribution in [3.63, 3.8) is 0 Å². The fourth-order valence-electron chi connectivity index (χ4n) is 2.13. The van der Waals surface area contributed by atoms with Crippen molar-refractivity contribution >= 4 is 28.6 Å². The molecule has 0 aliphatic rings. The number of thiazole rings is 1. The van der Waals surface area contributed by atoms with E-state index in [1.165, 1.54) is 11.3 Å². The van der Waals surface area contributed by atoms with Crippen LogP contribution in [0.5, 0.6) is 5.75 Å². The van der Waals surface area contributed by atoms with Crippen LogP contribution in [0.2, 0.25) is 0 Å². The summed E-state index contributed by atoms with van der Waals surface area (Å²) in [7, 11) is 0. The Balaban J connectivity index is 1.57. The Labute approximate surface area is 149 Å². The molecule has 124 valence electrons. The molecule has 0 aliphatic carbocycles. The SMILES string of the molecule is CC(C)Oc1ccc(CNC(=O)c2csc(-c3ccsc3)n2)cc1. The first-order chi connectivity index (χ1) is 11.6. The highest BCUT2D eigenvalue weighted by molar-refractivity contribution is 7.14. The first kappa shape index (κ1) is 16.7. The number of hydrogen-bond acceptors (Lipinski definition) is 5. The second kappa shape index (κ2) is 7.59. The number of nitrogens with zero attached hydrogens (tertiary/aromatic N) is 1. The first-order valence-corrected chi connectivity index (χ1v) is 9.46. The molecule has 3 aromatic rings. The van der Waals surface area contributed by atoms with Gasteiger partial charge in [0, 0.05) is 22.9 Å². The van der Waals surface area contributed by atoms with Gasteiger partial charge in [-0.2, -0.15) is 11.3 Å². The molecule has 0 unspecified atom stereocenters. The van der Waals surface area contributed by atoms with E-state index in [1.807, 2.05) is 54.9 Å². The third kappa shape index (κ3) is 4.21. The number of ether oxygens (including phenoxy) is 1. The van der Waals surface area contributed by atoms with Gasteiger partial charge in [-0.3, -0.25) is 4.79 Å². The van der Waals surface area contributed by atoms with Gasteiger partial charge in [0.2, 0.25) is 0 Å². The molecule has 0 atom stereocenters. The normalized spacial score (nSPS) is 10.8. The second-order valence-corrected chi connectivity index (χ2v) is 7.18. The highest BCUT2D eigenvalue weighted by atomic mass is 32.1. The number of thiophene rings is 1. The van der Waals surface area contributed by atoms with Crippen molar-refractivity contribution in [2.24, 2.45) is 0 Å². The molecule has 0 saturated carbocycles. The molecule has 1 amide bonds. The van der Waals surface area contributed by atoms with Crippen LogP contribution in [-0.4, -0.2) is 17.0 Å². The molecule has 6 heteroatoms. The van der Waals surface area contributed by atoms with E-state index in [0.29, 0.717) is 12.2 Å². The molecule has 3 rings (SSSR count). The summed E-state index contributed by atoms with van der Waals surface area (Å²) in [6, 6.07) is 9.75. The lowest BCUT2D eigenvalue weighted by molar-refractivity contribution is 0.0946. The van der Waals surface area contributed by atoms with E-state index in [2.05, 4.69) is 10.3 Å². The van der Waals surface area contributed by atoms with Crippen LogP contribution in [0.15, 0.2) is 46.5 Å². The Hall–Kier alpha value is -2.18. The zero-order valence-corrected chi connectivity index (χ0v) is 15.1. The van der Waals surface area contributed by atoms with Gasteiger partial charge in [-0.25, -0.2) is 4.98 Å². The lowest BCUT2D eigenvalue weighted by Crippen LogP contribution is -2.23. The largest absolute Gasteiger partial charge is 0.491 e. The van der Waals surface area contributed by atoms with Crippen molar-refractivity contribution in [1.29, 1.82) is 0 Å². The molecule has 1 aromatic carbocycles. The van der Waals surface area contributed by atoms with Crippen molar-refractivity contribution in [2.75, 3.05) is 0 Å². The standard InChI is InChI=1S/C18H18N2O2S2/c1-12(2)22-15-5-3-13(4-6-15)9-19-17(21)16-11-24-18(20-16)14-7-8-23-10-14/h3-8,10-12H,9H2,1-2H3,(H,19,21). The maximum absolute atomic E-state index is 12.2. The number of benzene rings is 1. The van der Waals surface area contributed by atoms with E-state index in [-0.39, 0.29) is 12.0 Å². The van der Waals surface area contributed by atoms with Crippen molar-refractivity contribution in [1.82, 2.24) is 10.3 Å². The molecule has 4 nitrogen and oxygen atoms in total. The smallest absolute Gasteiger partial charge is 0.271 e. The van der Waals surface area contributed by atoms with Crippen LogP contribution in [0.1, 0.15) is 29.9 Å². The Morgan fingerprint density at radius 1 is 1.21 bits per heavy atom. The highest BCUT2D eigenvalue weighted by Crippen LogP contribution is 2.25. The summed E-state index contributed by atoms with van der Waals surface area (Å²) in [5.41, 5.74) is 2.54. The van der Waals surface area contributed by atoms with Gasteiger partial charge in [0.15, 0.2) is 0 Å². The molecular weight excluding hydrogens is 340 g/mol. The number of rotatable bonds is 6. The van der Waals surface area contributed by atoms with Crippen molar-refractivity contribution < 1.29 is 9.53 Å². The molecule has 0 saturated heterocycles. The predicted octanol–water partition coefficient (Wildman–Crippen LogP) is 4.59. The van der Waals surface area contributed by atoms with Gasteiger partial charge >= 0.3 is 0 Å². The van der Waals surface area contributed by atoms with Crippen LogP contribution in [0.3, 0.4) is 0 Å². The molecule has 0 aliphatic heterocycles. The molecule has 0 radical (unpaired) electrons. The summed E-state index contributed by atoms with van der Waals surface area (Å²) in [5.74, 6) is 0.676. The topological polar surface area (TPSA) is 51.2 Å². The fraction of sp³-hybridized carbons (Fsp3) is 0.222. The van der Waals surface area contributed by atoms with Crippen molar-refractivity contribution in [2.45, 2.75) is 26.5 Å². The zero-order chi connectivity index (χ0) is 16.9. The van der Waals surface area contributed by atoms with E-state index >= 15 is 0 Å². The third-order valence-corrected chi connectivity index (χ3v) is 4.83. The first-order valence-electron chi connectivity index (χ1n) is 7.63. The maximum Gasteiger partial charge on any atom is 0.271 e. The van der Waals surface area contributed by atoms with Crippen molar-refractivity contribution in [3.05, 3.63) is 57.7 Å². The minimum Gasteiger partial charge on any atom is -0.491 e. The highest BCUT2D eigenvalue weighted by Gasteiger charge is 2.12. The number of aromatic nitrogens is 1. The van der Waals surface area contributed by atoms with Crippen molar-refractivity contribution in [3.8, 4) is 16.3 Å². The quantitative estimate of drug-likeness (QED) is 0.701. The van der Waals surface area contributed by atoms with E-state index in [0.717, 1.165) is 21.9 Å². The summed E-state index contributed by atoms with van der Waals surface area (Å²) in [4.78, 5) is 16.6. The average molecular weight is 358 g/mol. The van der Waals surface area contributed by atoms with Gasteiger partial charge in [-0.15, -0.1) is 11.3 Å². The van der Waals surface area contributed by atoms with Gasteiger partial charge in [0.05, 0.1) is 6.10 Å². The zero-order valence-electron chi connectivity index (χ0n) is 13.5. The van der Waals surface area contributed by atoms with Crippen LogP contribution >= 0.6 is 22.7 Å². The van der Waals surface area contributed by atoms with E-state index in [1.54, 1.807) is 16.7 Å². The summed E-state index contributed by atoms with van der Waals surface area (Å²) in [6.45, 7) is 4.45. The van der Waals surface area contributed by atoms with Gasteiger partial charge in [-0.05, 0) is 43.0 Å². The number of nitrogens with one attached hydrogen (secondary N) is 1. The lowest BCUT2D eigenvalue weighted by Gasteiger charge is -2.10. The Morgan fingerprint density at radius 2 is 2.00 bits per heavy atom. The summed E-state index contributed by atoms with van der Waals surface area (Å²) in [6.07, 6.45) is 0.151. The molecule has 2 aromatic heterocycles. The number of amides is 1. The Bertz CT molecular complexity index is 793. The fourth-order valence-corrected chi connectivity index (χ4v) is 3.64. The second-order valence-electron chi connectivity index (χ2n) is 5.54. The van der Waals surface area contributed by atoms with Crippen LogP contribution in [-0.2, 0) is 6.54 Å². The minimum atomic E-state index is -0.157. The van der Waals surface area contributed by atoms with E-state index in [4.69, 9.17) is 4.74 Å². The Morgan fingerprint density at radius 3 is 2.67 bits per heavy atom. The molecule has 2 heterocycles. The third-order valence-electron chi connectivity index (χ3n) is 3.25. The van der Waals surface area contributed by atoms with Crippen LogP contribution in [0.4, 0.5) is 0 Å². The van der Waals surface area contributed by atoms with Crippen LogP contribution < -0.4 is 10.1 Å². The predicted molar refractivity (Wildman–Crippen MR) is 98.8 cm³/mol. The summed E-state index contributed by atoms with van der Waals surface area (Å²) >= 11 is 3.10. The molecular formula is C18H18N2O2S2. The maximum atomic E-state index is 12.2. The van der Waals surface area contributed by atoms with Gasteiger partial charge < -0.3 is 10.1 Å². The van der Waals surface area contributed by atoms with Crippen LogP contribution in [0.25, 0.3) is 10.6 Å². The Kier molecular flexibility index (Phi) is 5.27. The number of hydrogen-bond donors (Lipinski definition) is 1. The van der Waals surface area contributed by atoms with Crippen LogP contribution in [0, 0.1) is 0 Å². The summed E-state index contributed by atoms with van der Waals surface area (Å²) in [5, 5.41) is 9.60. The molecule has 1 N–H and O–H groups in total. The van der Waals surface area contributed by atoms with Gasteiger partial charge in [0.25, 0.3) is 5.91 Å². The minimum absolute atomic E-state index is 0.151. The molecule has 0 bridgehead atoms. The molecule has 0 spiro atoms. The molecule has 24 heavy (non-hydrogen) atoms. The van der Waals surface area contributed by atoms with Gasteiger partial charge in [0.1, 0.15) is 16.5 Å². The average Bonchev–Trinajstić information content (AvgIpc) is 3.24. The van der Waals surface area contributed by atoms with E-state index < -0.39 is 0 Å². The summed E-state index contributed by atoms with van der Waals surface area (Å²) < 4.78 is 5.61. The number of carbonyl (C=O) groups excluding carboxylic acids is 1. The van der Waals surface area contributed by atoms with E-state index in [9.17, 15) is 4.79 Å². The molecule has 0 fully saturated rings. The number of carbonyl (C=O) groups is 1. The van der Waals surface area contributed by atoms with Gasteiger partial charge in [-0.1, -0.05) is 12.1 Å². The lowest BCUT2D eigenvalue weighted by atomic mass is 10.2.